The van der Waals surface area contributed by atoms with Crippen molar-refractivity contribution in [2.75, 3.05) is 19.8 Å². The average molecular weight is 528 g/mol. The molecule has 0 radical (unpaired) electrons. The molecule has 1 amide bonds. The zero-order chi connectivity index (χ0) is 27.6. The van der Waals surface area contributed by atoms with Crippen molar-refractivity contribution in [1.29, 1.82) is 0 Å². The first-order chi connectivity index (χ1) is 17.9. The van der Waals surface area contributed by atoms with Gasteiger partial charge in [-0.25, -0.2) is 4.79 Å². The standard InChI is InChI=1S/C30H57NO6/c1-4-7-8-9-10-11-12-13-14-15-16-17-18-19-20-21-22-31-27(32)25-30(35,29(34)37-24-6-3)26-28(33)36-23-5-2/h35H,4-26H2,1-3H3,(H,31,32). The number of unbranched alkanes of at least 4 members (excludes halogenated alkanes) is 15. The maximum absolute atomic E-state index is 12.4. The Morgan fingerprint density at radius 3 is 1.49 bits per heavy atom. The van der Waals surface area contributed by atoms with Gasteiger partial charge in [-0.1, -0.05) is 117 Å². The molecule has 0 aromatic heterocycles. The van der Waals surface area contributed by atoms with Gasteiger partial charge < -0.3 is 19.9 Å². The Morgan fingerprint density at radius 2 is 1.03 bits per heavy atom. The quantitative estimate of drug-likeness (QED) is 0.0949. The summed E-state index contributed by atoms with van der Waals surface area (Å²) in [6.07, 6.45) is 20.7. The smallest absolute Gasteiger partial charge is 0.339 e. The van der Waals surface area contributed by atoms with E-state index in [4.69, 9.17) is 9.47 Å². The number of nitrogens with one attached hydrogen (secondary N) is 1. The molecule has 0 aliphatic carbocycles. The molecule has 2 N–H and O–H groups in total. The second kappa shape index (κ2) is 24.7. The first kappa shape index (κ1) is 35.4. The van der Waals surface area contributed by atoms with Crippen LogP contribution >= 0.6 is 0 Å². The molecule has 0 aromatic carbocycles. The minimum Gasteiger partial charge on any atom is -0.466 e. The van der Waals surface area contributed by atoms with Gasteiger partial charge in [-0.2, -0.15) is 0 Å². The summed E-state index contributed by atoms with van der Waals surface area (Å²) in [5.74, 6) is -2.15. The van der Waals surface area contributed by atoms with Crippen LogP contribution in [-0.4, -0.2) is 48.3 Å². The number of carbonyl (C=O) groups excluding carboxylic acids is 3. The van der Waals surface area contributed by atoms with Gasteiger partial charge in [0.25, 0.3) is 0 Å². The predicted molar refractivity (Wildman–Crippen MR) is 149 cm³/mol. The SMILES string of the molecule is CCCCCCCCCCCCCCCCCCNC(=O)CC(O)(CC(=O)OCCC)C(=O)OCCC. The van der Waals surface area contributed by atoms with Crippen LogP contribution in [0.25, 0.3) is 0 Å². The van der Waals surface area contributed by atoms with E-state index in [0.29, 0.717) is 19.4 Å². The monoisotopic (exact) mass is 527 g/mol. The van der Waals surface area contributed by atoms with E-state index in [2.05, 4.69) is 12.2 Å². The van der Waals surface area contributed by atoms with Crippen molar-refractivity contribution in [3.63, 3.8) is 0 Å². The Bertz CT molecular complexity index is 582. The summed E-state index contributed by atoms with van der Waals surface area (Å²) in [5.41, 5.74) is -2.21. The highest BCUT2D eigenvalue weighted by atomic mass is 16.6. The lowest BCUT2D eigenvalue weighted by Crippen LogP contribution is -2.46. The molecule has 0 rings (SSSR count). The van der Waals surface area contributed by atoms with Gasteiger partial charge in [0.05, 0.1) is 26.1 Å². The second-order valence-electron chi connectivity index (χ2n) is 10.4. The van der Waals surface area contributed by atoms with Crippen molar-refractivity contribution in [3.8, 4) is 0 Å². The van der Waals surface area contributed by atoms with Crippen molar-refractivity contribution >= 4 is 17.8 Å². The van der Waals surface area contributed by atoms with Gasteiger partial charge in [0.15, 0.2) is 5.60 Å². The Hall–Kier alpha value is -1.63. The van der Waals surface area contributed by atoms with Crippen molar-refractivity contribution in [1.82, 2.24) is 5.32 Å². The van der Waals surface area contributed by atoms with E-state index in [9.17, 15) is 19.5 Å². The summed E-state index contributed by atoms with van der Waals surface area (Å²) in [6, 6.07) is 0. The lowest BCUT2D eigenvalue weighted by atomic mass is 9.95. The molecule has 0 aromatic rings. The Kier molecular flexibility index (Phi) is 23.6. The van der Waals surface area contributed by atoms with E-state index in [1.165, 1.54) is 83.5 Å². The summed E-state index contributed by atoms with van der Waals surface area (Å²) < 4.78 is 10.0. The highest BCUT2D eigenvalue weighted by Gasteiger charge is 2.42. The number of ether oxygens (including phenoxy) is 2. The largest absolute Gasteiger partial charge is 0.466 e. The molecule has 0 aliphatic heterocycles. The van der Waals surface area contributed by atoms with Crippen LogP contribution in [-0.2, 0) is 23.9 Å². The summed E-state index contributed by atoms with van der Waals surface area (Å²) in [5, 5.41) is 13.5. The molecule has 0 heterocycles. The van der Waals surface area contributed by atoms with E-state index < -0.39 is 36.3 Å². The topological polar surface area (TPSA) is 102 Å². The van der Waals surface area contributed by atoms with Gasteiger partial charge in [0.1, 0.15) is 0 Å². The van der Waals surface area contributed by atoms with Crippen molar-refractivity contribution in [2.45, 2.75) is 155 Å². The number of carbonyl (C=O) groups is 3. The van der Waals surface area contributed by atoms with Gasteiger partial charge in [-0.3, -0.25) is 9.59 Å². The Morgan fingerprint density at radius 1 is 0.595 bits per heavy atom. The van der Waals surface area contributed by atoms with Crippen LogP contribution in [0.15, 0.2) is 0 Å². The first-order valence-electron chi connectivity index (χ1n) is 15.2. The predicted octanol–water partition coefficient (Wildman–Crippen LogP) is 6.78. The van der Waals surface area contributed by atoms with Crippen molar-refractivity contribution < 1.29 is 29.0 Å². The number of esters is 2. The molecule has 1 atom stereocenters. The lowest BCUT2D eigenvalue weighted by molar-refractivity contribution is -0.174. The first-order valence-corrected chi connectivity index (χ1v) is 15.2. The average Bonchev–Trinajstić information content (AvgIpc) is 2.87. The number of hydrogen-bond acceptors (Lipinski definition) is 6. The van der Waals surface area contributed by atoms with Crippen molar-refractivity contribution in [3.05, 3.63) is 0 Å². The molecular formula is C30H57NO6. The van der Waals surface area contributed by atoms with Crippen LogP contribution < -0.4 is 5.32 Å². The fourth-order valence-electron chi connectivity index (χ4n) is 4.27. The third-order valence-corrected chi connectivity index (χ3v) is 6.53. The highest BCUT2D eigenvalue weighted by molar-refractivity contribution is 5.91. The minimum atomic E-state index is -2.21. The number of aliphatic hydroxyl groups is 1. The van der Waals surface area contributed by atoms with Gasteiger partial charge in [0, 0.05) is 6.54 Å². The van der Waals surface area contributed by atoms with Gasteiger partial charge >= 0.3 is 11.9 Å². The molecule has 0 aliphatic rings. The van der Waals surface area contributed by atoms with E-state index in [1.807, 2.05) is 13.8 Å². The Balaban J connectivity index is 3.90. The molecule has 0 saturated carbocycles. The third kappa shape index (κ3) is 21.0. The molecule has 0 bridgehead atoms. The van der Waals surface area contributed by atoms with Crippen LogP contribution in [0, 0.1) is 0 Å². The normalized spacial score (nSPS) is 12.6. The Labute approximate surface area is 226 Å². The molecule has 0 fully saturated rings. The van der Waals surface area contributed by atoms with Gasteiger partial charge in [-0.05, 0) is 19.3 Å². The van der Waals surface area contributed by atoms with Gasteiger partial charge in [0.2, 0.25) is 5.91 Å². The number of rotatable bonds is 26. The van der Waals surface area contributed by atoms with E-state index >= 15 is 0 Å². The van der Waals surface area contributed by atoms with Crippen LogP contribution in [0.1, 0.15) is 149 Å². The van der Waals surface area contributed by atoms with Crippen LogP contribution in [0.3, 0.4) is 0 Å². The molecule has 7 nitrogen and oxygen atoms in total. The van der Waals surface area contributed by atoms with Crippen LogP contribution in [0.5, 0.6) is 0 Å². The summed E-state index contributed by atoms with van der Waals surface area (Å²) in [7, 11) is 0. The number of hydrogen-bond donors (Lipinski definition) is 2. The fraction of sp³-hybridized carbons (Fsp3) is 0.900. The zero-order valence-electron chi connectivity index (χ0n) is 24.3. The molecule has 218 valence electrons. The molecule has 0 saturated heterocycles. The van der Waals surface area contributed by atoms with Gasteiger partial charge in [-0.15, -0.1) is 0 Å². The number of amides is 1. The van der Waals surface area contributed by atoms with E-state index in [1.54, 1.807) is 0 Å². The second-order valence-corrected chi connectivity index (χ2v) is 10.4. The molecule has 1 unspecified atom stereocenters. The van der Waals surface area contributed by atoms with Crippen LogP contribution in [0.4, 0.5) is 0 Å². The zero-order valence-corrected chi connectivity index (χ0v) is 24.3. The van der Waals surface area contributed by atoms with Crippen molar-refractivity contribution in [2.24, 2.45) is 0 Å². The summed E-state index contributed by atoms with van der Waals surface area (Å²) >= 11 is 0. The maximum atomic E-state index is 12.4. The minimum absolute atomic E-state index is 0.117. The van der Waals surface area contributed by atoms with Crippen LogP contribution in [0.2, 0.25) is 0 Å². The molecule has 37 heavy (non-hydrogen) atoms. The third-order valence-electron chi connectivity index (χ3n) is 6.53. The maximum Gasteiger partial charge on any atom is 0.339 e. The summed E-state index contributed by atoms with van der Waals surface area (Å²) in [6.45, 7) is 6.74. The summed E-state index contributed by atoms with van der Waals surface area (Å²) in [4.78, 5) is 36.7. The van der Waals surface area contributed by atoms with E-state index in [0.717, 1.165) is 19.3 Å². The van der Waals surface area contributed by atoms with E-state index in [-0.39, 0.29) is 13.2 Å². The molecule has 0 spiro atoms. The fourth-order valence-corrected chi connectivity index (χ4v) is 4.27. The molecule has 7 heteroatoms. The highest BCUT2D eigenvalue weighted by Crippen LogP contribution is 2.19. The molecular weight excluding hydrogens is 470 g/mol. The lowest BCUT2D eigenvalue weighted by Gasteiger charge is -2.24.